The highest BCUT2D eigenvalue weighted by molar-refractivity contribution is 8.00. The molecule has 3 aromatic heterocycles. The minimum atomic E-state index is -0.485. The number of aromatic amines is 1. The summed E-state index contributed by atoms with van der Waals surface area (Å²) in [4.78, 5) is 34.5. The van der Waals surface area contributed by atoms with E-state index in [4.69, 9.17) is 4.74 Å². The summed E-state index contributed by atoms with van der Waals surface area (Å²) in [6.45, 7) is 1.79. The molecule has 3 heterocycles. The number of amides is 1. The molecule has 0 saturated heterocycles. The first-order valence-corrected chi connectivity index (χ1v) is 12.6. The number of benzene rings is 1. The van der Waals surface area contributed by atoms with Crippen LogP contribution in [0, 0.1) is 0 Å². The van der Waals surface area contributed by atoms with Crippen molar-refractivity contribution in [1.82, 2.24) is 20.2 Å². The number of aromatic nitrogens is 4. The summed E-state index contributed by atoms with van der Waals surface area (Å²) in [7, 11) is 1.37. The lowest BCUT2D eigenvalue weighted by atomic mass is 10.1. The number of nitrogens with one attached hydrogen (secondary N) is 2. The third-order valence-electron chi connectivity index (χ3n) is 5.80. The van der Waals surface area contributed by atoms with Crippen LogP contribution >= 0.6 is 23.1 Å². The number of rotatable bonds is 5. The van der Waals surface area contributed by atoms with E-state index in [0.29, 0.717) is 26.9 Å². The highest BCUT2D eigenvalue weighted by atomic mass is 32.2. The Morgan fingerprint density at radius 3 is 2.85 bits per heavy atom. The quantitative estimate of drug-likeness (QED) is 0.241. The molecular formula is C23H23N5O3S2. The molecule has 1 aromatic carbocycles. The van der Waals surface area contributed by atoms with Crippen molar-refractivity contribution in [3.05, 3.63) is 40.3 Å². The van der Waals surface area contributed by atoms with Gasteiger partial charge in [0.25, 0.3) is 0 Å². The van der Waals surface area contributed by atoms with Gasteiger partial charge in [0, 0.05) is 15.8 Å². The van der Waals surface area contributed by atoms with E-state index in [-0.39, 0.29) is 5.91 Å². The van der Waals surface area contributed by atoms with Gasteiger partial charge in [-0.05, 0) is 44.2 Å². The predicted molar refractivity (Wildman–Crippen MR) is 130 cm³/mol. The lowest BCUT2D eigenvalue weighted by molar-refractivity contribution is -0.115. The Labute approximate surface area is 198 Å². The standard InChI is InChI=1S/C23H23N5O3S2/c1-12(32-23-25-19-18(27-28-23)13-8-6-7-10-15(13)24-19)20(29)26-21-17(22(30)31-2)14-9-4-3-5-11-16(14)33-21/h6-8,10,12H,3-5,9,11H2,1-2H3,(H,26,29)(H,24,25,28). The van der Waals surface area contributed by atoms with Gasteiger partial charge in [-0.25, -0.2) is 9.78 Å². The van der Waals surface area contributed by atoms with Crippen LogP contribution < -0.4 is 5.32 Å². The summed E-state index contributed by atoms with van der Waals surface area (Å²) in [6.07, 6.45) is 5.03. The average molecular weight is 482 g/mol. The lowest BCUT2D eigenvalue weighted by Crippen LogP contribution is -2.23. The summed E-state index contributed by atoms with van der Waals surface area (Å²) in [5.74, 6) is -0.622. The van der Waals surface area contributed by atoms with Crippen LogP contribution in [0.15, 0.2) is 29.4 Å². The van der Waals surface area contributed by atoms with Gasteiger partial charge >= 0.3 is 5.97 Å². The summed E-state index contributed by atoms with van der Waals surface area (Å²) < 4.78 is 5.03. The molecule has 0 bridgehead atoms. The molecule has 0 saturated carbocycles. The Balaban J connectivity index is 1.36. The van der Waals surface area contributed by atoms with Crippen molar-refractivity contribution in [1.29, 1.82) is 0 Å². The molecular weight excluding hydrogens is 458 g/mol. The number of aryl methyl sites for hydroxylation is 1. The number of methoxy groups -OCH3 is 1. The first kappa shape index (κ1) is 21.8. The summed E-state index contributed by atoms with van der Waals surface area (Å²) >= 11 is 2.71. The number of anilines is 1. The Kier molecular flexibility index (Phi) is 6.03. The predicted octanol–water partition coefficient (Wildman–Crippen LogP) is 4.74. The smallest absolute Gasteiger partial charge is 0.341 e. The number of carbonyl (C=O) groups excluding carboxylic acids is 2. The second-order valence-electron chi connectivity index (χ2n) is 7.97. The highest BCUT2D eigenvalue weighted by Crippen LogP contribution is 2.38. The van der Waals surface area contributed by atoms with Crippen molar-refractivity contribution in [2.24, 2.45) is 0 Å². The number of hydrogen-bond acceptors (Lipinski definition) is 8. The Morgan fingerprint density at radius 2 is 2.00 bits per heavy atom. The highest BCUT2D eigenvalue weighted by Gasteiger charge is 2.27. The fraction of sp³-hybridized carbons (Fsp3) is 0.348. The molecule has 1 aliphatic carbocycles. The van der Waals surface area contributed by atoms with Gasteiger partial charge in [0.2, 0.25) is 11.1 Å². The van der Waals surface area contributed by atoms with Crippen molar-refractivity contribution < 1.29 is 14.3 Å². The van der Waals surface area contributed by atoms with E-state index in [1.165, 1.54) is 35.1 Å². The Hall–Kier alpha value is -2.98. The van der Waals surface area contributed by atoms with Gasteiger partial charge in [-0.3, -0.25) is 4.79 Å². The molecule has 1 amide bonds. The Morgan fingerprint density at radius 1 is 1.18 bits per heavy atom. The lowest BCUT2D eigenvalue weighted by Gasteiger charge is -2.11. The van der Waals surface area contributed by atoms with Crippen molar-refractivity contribution in [3.8, 4) is 0 Å². The zero-order chi connectivity index (χ0) is 22.9. The van der Waals surface area contributed by atoms with Gasteiger partial charge in [0.1, 0.15) is 10.5 Å². The number of thiophene rings is 1. The first-order chi connectivity index (χ1) is 16.0. The number of H-pyrrole nitrogens is 1. The molecule has 1 atom stereocenters. The molecule has 0 fully saturated rings. The van der Waals surface area contributed by atoms with E-state index in [0.717, 1.165) is 48.6 Å². The minimum absolute atomic E-state index is 0.220. The molecule has 0 spiro atoms. The molecule has 10 heteroatoms. The van der Waals surface area contributed by atoms with E-state index in [2.05, 4.69) is 25.5 Å². The SMILES string of the molecule is COC(=O)c1c(NC(=O)C(C)Sc2nnc3c(n2)[nH]c2ccccc23)sc2c1CCCCC2. The summed E-state index contributed by atoms with van der Waals surface area (Å²) in [6, 6.07) is 7.82. The van der Waals surface area contributed by atoms with Crippen LogP contribution in [0.2, 0.25) is 0 Å². The maximum atomic E-state index is 13.0. The first-order valence-electron chi connectivity index (χ1n) is 10.9. The number of nitrogens with zero attached hydrogens (tertiary/aromatic N) is 3. The number of thioether (sulfide) groups is 1. The van der Waals surface area contributed by atoms with Gasteiger partial charge in [0.15, 0.2) is 5.65 Å². The third kappa shape index (κ3) is 4.20. The van der Waals surface area contributed by atoms with Crippen molar-refractivity contribution in [2.45, 2.75) is 49.4 Å². The number of ether oxygens (including phenoxy) is 1. The van der Waals surface area contributed by atoms with E-state index in [1.54, 1.807) is 6.92 Å². The second-order valence-corrected chi connectivity index (χ2v) is 10.4. The fourth-order valence-corrected chi connectivity index (χ4v) is 6.12. The molecule has 5 rings (SSSR count). The maximum Gasteiger partial charge on any atom is 0.341 e. The average Bonchev–Trinajstić information content (AvgIpc) is 3.26. The van der Waals surface area contributed by atoms with Crippen LogP contribution in [0.4, 0.5) is 5.00 Å². The van der Waals surface area contributed by atoms with E-state index < -0.39 is 11.2 Å². The zero-order valence-corrected chi connectivity index (χ0v) is 19.9. The van der Waals surface area contributed by atoms with E-state index in [9.17, 15) is 9.59 Å². The molecule has 1 unspecified atom stereocenters. The molecule has 33 heavy (non-hydrogen) atoms. The van der Waals surface area contributed by atoms with Crippen LogP contribution in [0.5, 0.6) is 0 Å². The maximum absolute atomic E-state index is 13.0. The van der Waals surface area contributed by atoms with Crippen LogP contribution in [0.1, 0.15) is 47.0 Å². The molecule has 0 aliphatic heterocycles. The number of hydrogen-bond donors (Lipinski definition) is 2. The molecule has 2 N–H and O–H groups in total. The molecule has 4 aromatic rings. The van der Waals surface area contributed by atoms with E-state index >= 15 is 0 Å². The number of para-hydroxylation sites is 1. The zero-order valence-electron chi connectivity index (χ0n) is 18.3. The molecule has 0 radical (unpaired) electrons. The van der Waals surface area contributed by atoms with Crippen LogP contribution in [0.25, 0.3) is 22.1 Å². The largest absolute Gasteiger partial charge is 0.465 e. The van der Waals surface area contributed by atoms with Crippen LogP contribution in [0.3, 0.4) is 0 Å². The normalized spacial score (nSPS) is 14.6. The van der Waals surface area contributed by atoms with E-state index in [1.807, 2.05) is 24.3 Å². The molecule has 170 valence electrons. The van der Waals surface area contributed by atoms with Crippen molar-refractivity contribution >= 4 is 62.0 Å². The fourth-order valence-electron chi connectivity index (χ4n) is 4.13. The van der Waals surface area contributed by atoms with Crippen LogP contribution in [-0.4, -0.2) is 44.4 Å². The molecule has 8 nitrogen and oxygen atoms in total. The summed E-state index contributed by atoms with van der Waals surface area (Å²) in [5.41, 5.74) is 3.81. The Bertz CT molecular complexity index is 1360. The topological polar surface area (TPSA) is 110 Å². The monoisotopic (exact) mass is 481 g/mol. The van der Waals surface area contributed by atoms with Crippen molar-refractivity contribution in [2.75, 3.05) is 12.4 Å². The molecule has 1 aliphatic rings. The number of carbonyl (C=O) groups is 2. The number of esters is 1. The van der Waals surface area contributed by atoms with Gasteiger partial charge < -0.3 is 15.0 Å². The van der Waals surface area contributed by atoms with Crippen molar-refractivity contribution in [3.63, 3.8) is 0 Å². The van der Waals surface area contributed by atoms with Gasteiger partial charge in [0.05, 0.1) is 17.9 Å². The minimum Gasteiger partial charge on any atom is -0.465 e. The third-order valence-corrected chi connectivity index (χ3v) is 7.96. The van der Waals surface area contributed by atoms with Gasteiger partial charge in [-0.2, -0.15) is 0 Å². The second kappa shape index (κ2) is 9.11. The summed E-state index contributed by atoms with van der Waals surface area (Å²) in [5, 5.41) is 12.9. The van der Waals surface area contributed by atoms with Crippen LogP contribution in [-0.2, 0) is 22.4 Å². The van der Waals surface area contributed by atoms with Gasteiger partial charge in [-0.1, -0.05) is 36.4 Å². The van der Waals surface area contributed by atoms with Gasteiger partial charge in [-0.15, -0.1) is 21.5 Å². The number of fused-ring (bicyclic) bond motifs is 4.